The monoisotopic (exact) mass is 288 g/mol. The van der Waals surface area contributed by atoms with E-state index in [4.69, 9.17) is 11.6 Å². The van der Waals surface area contributed by atoms with E-state index in [0.29, 0.717) is 18.1 Å². The lowest BCUT2D eigenvalue weighted by Gasteiger charge is -2.17. The van der Waals surface area contributed by atoms with Crippen molar-refractivity contribution in [3.05, 3.63) is 55.9 Å². The number of thioether (sulfide) groups is 1. The summed E-state index contributed by atoms with van der Waals surface area (Å²) in [6, 6.07) is 4.57. The Hall–Kier alpha value is -1.27. The molecule has 0 N–H and O–H groups in total. The molecule has 0 spiro atoms. The third-order valence-corrected chi connectivity index (χ3v) is 3.85. The molecule has 0 aromatic heterocycles. The molecule has 7 heteroatoms. The predicted octanol–water partition coefficient (Wildman–Crippen LogP) is 3.10. The maximum atomic E-state index is 13.3. The van der Waals surface area contributed by atoms with Crippen LogP contribution >= 0.6 is 23.4 Å². The molecule has 0 radical (unpaired) electrons. The maximum absolute atomic E-state index is 13.3. The molecule has 18 heavy (non-hydrogen) atoms. The maximum Gasteiger partial charge on any atom is 0.264 e. The summed E-state index contributed by atoms with van der Waals surface area (Å²) in [7, 11) is 0. The van der Waals surface area contributed by atoms with E-state index in [1.165, 1.54) is 23.9 Å². The Balaban J connectivity index is 2.13. The molecule has 1 aliphatic rings. The molecule has 0 saturated carbocycles. The van der Waals surface area contributed by atoms with Crippen molar-refractivity contribution in [1.29, 1.82) is 0 Å². The van der Waals surface area contributed by atoms with E-state index >= 15 is 0 Å². The number of nitro groups is 1. The summed E-state index contributed by atoms with van der Waals surface area (Å²) in [6.07, 6.45) is 0.990. The van der Waals surface area contributed by atoms with E-state index in [9.17, 15) is 14.5 Å². The molecular weight excluding hydrogens is 279 g/mol. The van der Waals surface area contributed by atoms with Gasteiger partial charge in [-0.1, -0.05) is 17.7 Å². The van der Waals surface area contributed by atoms with Crippen molar-refractivity contribution in [3.63, 3.8) is 0 Å². The van der Waals surface area contributed by atoms with Crippen LogP contribution in [0.5, 0.6) is 0 Å². The average molecular weight is 289 g/mol. The van der Waals surface area contributed by atoms with Crippen LogP contribution in [0.3, 0.4) is 0 Å². The van der Waals surface area contributed by atoms with Crippen LogP contribution in [0.4, 0.5) is 4.39 Å². The van der Waals surface area contributed by atoms with Crippen molar-refractivity contribution in [1.82, 2.24) is 4.90 Å². The van der Waals surface area contributed by atoms with Gasteiger partial charge in [0.25, 0.3) is 6.20 Å². The van der Waals surface area contributed by atoms with Crippen molar-refractivity contribution in [2.75, 3.05) is 12.3 Å². The number of hydrogen-bond donors (Lipinski definition) is 0. The van der Waals surface area contributed by atoms with Crippen LogP contribution < -0.4 is 0 Å². The Morgan fingerprint density at radius 3 is 3.06 bits per heavy atom. The highest BCUT2D eigenvalue weighted by atomic mass is 35.5. The largest absolute Gasteiger partial charge is 0.356 e. The lowest BCUT2D eigenvalue weighted by Crippen LogP contribution is -2.18. The number of nitrogens with zero attached hydrogens (tertiary/aromatic N) is 2. The van der Waals surface area contributed by atoms with Crippen LogP contribution in [0.15, 0.2) is 29.4 Å². The number of hydrogen-bond acceptors (Lipinski definition) is 4. The quantitative estimate of drug-likeness (QED) is 0.633. The van der Waals surface area contributed by atoms with E-state index in [0.717, 1.165) is 17.5 Å². The zero-order valence-electron chi connectivity index (χ0n) is 9.31. The first kappa shape index (κ1) is 13.2. The number of benzene rings is 1. The van der Waals surface area contributed by atoms with E-state index in [-0.39, 0.29) is 5.02 Å². The SMILES string of the molecule is O=[N+]([O-])C=C1SCCN1Cc1ccc(Cl)c(F)c1. The molecule has 1 aliphatic heterocycles. The molecule has 1 aromatic carbocycles. The van der Waals surface area contributed by atoms with Gasteiger partial charge in [-0.15, -0.1) is 11.8 Å². The number of halogens is 2. The van der Waals surface area contributed by atoms with Gasteiger partial charge < -0.3 is 4.90 Å². The molecule has 4 nitrogen and oxygen atoms in total. The third-order valence-electron chi connectivity index (χ3n) is 2.50. The van der Waals surface area contributed by atoms with Crippen molar-refractivity contribution in [2.24, 2.45) is 0 Å². The Bertz CT molecular complexity index is 510. The normalized spacial score (nSPS) is 17.4. The van der Waals surface area contributed by atoms with Gasteiger partial charge in [0, 0.05) is 18.8 Å². The molecule has 0 amide bonds. The summed E-state index contributed by atoms with van der Waals surface area (Å²) in [6.45, 7) is 1.16. The fourth-order valence-electron chi connectivity index (χ4n) is 1.69. The molecule has 0 bridgehead atoms. The van der Waals surface area contributed by atoms with E-state index < -0.39 is 10.7 Å². The zero-order valence-corrected chi connectivity index (χ0v) is 10.9. The minimum absolute atomic E-state index is 0.0793. The van der Waals surface area contributed by atoms with Gasteiger partial charge >= 0.3 is 0 Å². The van der Waals surface area contributed by atoms with E-state index in [1.54, 1.807) is 6.07 Å². The summed E-state index contributed by atoms with van der Waals surface area (Å²) in [5.74, 6) is 0.330. The first-order valence-corrected chi connectivity index (χ1v) is 6.59. The van der Waals surface area contributed by atoms with Crippen molar-refractivity contribution < 1.29 is 9.31 Å². The minimum Gasteiger partial charge on any atom is -0.356 e. The smallest absolute Gasteiger partial charge is 0.264 e. The van der Waals surface area contributed by atoms with Crippen LogP contribution in [-0.4, -0.2) is 22.1 Å². The molecular formula is C11H10ClFN2O2S. The highest BCUT2D eigenvalue weighted by Crippen LogP contribution is 2.29. The van der Waals surface area contributed by atoms with E-state index in [1.807, 2.05) is 4.90 Å². The van der Waals surface area contributed by atoms with Crippen LogP contribution in [0.1, 0.15) is 5.56 Å². The third kappa shape index (κ3) is 3.14. The van der Waals surface area contributed by atoms with E-state index in [2.05, 4.69) is 0 Å². The zero-order chi connectivity index (χ0) is 13.1. The van der Waals surface area contributed by atoms with Gasteiger partial charge in [-0.25, -0.2) is 4.39 Å². The molecule has 1 fully saturated rings. The summed E-state index contributed by atoms with van der Waals surface area (Å²) >= 11 is 7.03. The molecule has 1 heterocycles. The first-order chi connectivity index (χ1) is 8.56. The topological polar surface area (TPSA) is 46.4 Å². The lowest BCUT2D eigenvalue weighted by atomic mass is 10.2. The standard InChI is InChI=1S/C11H10ClFN2O2S/c12-9-2-1-8(5-10(9)13)6-14-3-4-18-11(14)7-15(16)17/h1-2,5,7H,3-4,6H2. The Morgan fingerprint density at radius 2 is 2.39 bits per heavy atom. The van der Waals surface area contributed by atoms with Crippen molar-refractivity contribution >= 4 is 23.4 Å². The molecule has 96 valence electrons. The summed E-state index contributed by atoms with van der Waals surface area (Å²) in [4.78, 5) is 11.9. The summed E-state index contributed by atoms with van der Waals surface area (Å²) < 4.78 is 13.3. The molecule has 0 atom stereocenters. The minimum atomic E-state index is -0.471. The van der Waals surface area contributed by atoms with Gasteiger partial charge in [-0.2, -0.15) is 0 Å². The summed E-state index contributed by atoms with van der Waals surface area (Å²) in [5, 5.41) is 11.1. The Labute approximate surface area is 113 Å². The molecule has 1 saturated heterocycles. The second-order valence-electron chi connectivity index (χ2n) is 3.77. The average Bonchev–Trinajstić information content (AvgIpc) is 2.70. The second-order valence-corrected chi connectivity index (χ2v) is 5.29. The van der Waals surface area contributed by atoms with Gasteiger partial charge in [-0.05, 0) is 17.7 Å². The van der Waals surface area contributed by atoms with Gasteiger partial charge in [0.15, 0.2) is 0 Å². The van der Waals surface area contributed by atoms with Crippen molar-refractivity contribution in [2.45, 2.75) is 6.54 Å². The molecule has 2 rings (SSSR count). The fraction of sp³-hybridized carbons (Fsp3) is 0.273. The van der Waals surface area contributed by atoms with Crippen LogP contribution in [-0.2, 0) is 6.54 Å². The molecule has 0 unspecified atom stereocenters. The number of rotatable bonds is 3. The Morgan fingerprint density at radius 1 is 1.61 bits per heavy atom. The molecule has 0 aliphatic carbocycles. The lowest BCUT2D eigenvalue weighted by molar-refractivity contribution is -0.403. The van der Waals surface area contributed by atoms with Crippen LogP contribution in [0.25, 0.3) is 0 Å². The van der Waals surface area contributed by atoms with Crippen LogP contribution in [0, 0.1) is 15.9 Å². The highest BCUT2D eigenvalue weighted by molar-refractivity contribution is 8.03. The van der Waals surface area contributed by atoms with Gasteiger partial charge in [0.1, 0.15) is 10.8 Å². The van der Waals surface area contributed by atoms with Crippen molar-refractivity contribution in [3.8, 4) is 0 Å². The van der Waals surface area contributed by atoms with Gasteiger partial charge in [0.2, 0.25) is 0 Å². The Kier molecular flexibility index (Phi) is 4.08. The van der Waals surface area contributed by atoms with Crippen LogP contribution in [0.2, 0.25) is 5.02 Å². The predicted molar refractivity (Wildman–Crippen MR) is 69.4 cm³/mol. The van der Waals surface area contributed by atoms with Gasteiger partial charge in [-0.3, -0.25) is 10.1 Å². The second kappa shape index (κ2) is 5.58. The fourth-order valence-corrected chi connectivity index (χ4v) is 2.82. The van der Waals surface area contributed by atoms with Gasteiger partial charge in [0.05, 0.1) is 9.95 Å². The highest BCUT2D eigenvalue weighted by Gasteiger charge is 2.21. The first-order valence-electron chi connectivity index (χ1n) is 5.23. The molecule has 1 aromatic rings. The summed E-state index contributed by atoms with van der Waals surface area (Å²) in [5.41, 5.74) is 0.744.